The van der Waals surface area contributed by atoms with Gasteiger partial charge >= 0.3 is 0 Å². The van der Waals surface area contributed by atoms with Crippen molar-refractivity contribution in [2.24, 2.45) is 0 Å². The van der Waals surface area contributed by atoms with E-state index in [9.17, 15) is 18.0 Å². The van der Waals surface area contributed by atoms with Crippen LogP contribution in [0.25, 0.3) is 0 Å². The number of anilines is 1. The van der Waals surface area contributed by atoms with E-state index in [1.54, 1.807) is 41.3 Å². The van der Waals surface area contributed by atoms with Gasteiger partial charge in [0.25, 0.3) is 10.0 Å². The molecule has 1 atom stereocenters. The SMILES string of the molecule is Cc1ccc(S(=O)(=O)N(CC(=O)N(Cc2ccc(Br)cc2)[C@H](Cc2ccccc2)C(=O)NC2CCCCC2)c2ccc(C(C)C)cc2)cc1. The summed E-state index contributed by atoms with van der Waals surface area (Å²) < 4.78 is 30.8. The van der Waals surface area contributed by atoms with Crippen molar-refractivity contribution in [2.75, 3.05) is 10.8 Å². The summed E-state index contributed by atoms with van der Waals surface area (Å²) in [5.41, 5.74) is 4.11. The molecule has 1 aliphatic rings. The number of carbonyl (C=O) groups excluding carboxylic acids is 2. The summed E-state index contributed by atoms with van der Waals surface area (Å²) in [5.74, 6) is -0.442. The fourth-order valence-corrected chi connectivity index (χ4v) is 7.95. The predicted octanol–water partition coefficient (Wildman–Crippen LogP) is 8.17. The number of hydrogen-bond donors (Lipinski definition) is 1. The first-order valence-electron chi connectivity index (χ1n) is 17.1. The summed E-state index contributed by atoms with van der Waals surface area (Å²) in [7, 11) is -4.16. The van der Waals surface area contributed by atoms with E-state index >= 15 is 0 Å². The van der Waals surface area contributed by atoms with Crippen molar-refractivity contribution < 1.29 is 18.0 Å². The van der Waals surface area contributed by atoms with Crippen LogP contribution in [-0.4, -0.2) is 43.8 Å². The molecule has 0 aromatic heterocycles. The smallest absolute Gasteiger partial charge is 0.264 e. The monoisotopic (exact) mass is 743 g/mol. The third-order valence-corrected chi connectivity index (χ3v) is 11.5. The molecular formula is C40H46BrN3O4S. The van der Waals surface area contributed by atoms with Crippen molar-refractivity contribution in [1.82, 2.24) is 10.2 Å². The summed E-state index contributed by atoms with van der Waals surface area (Å²) in [6, 6.07) is 30.4. The van der Waals surface area contributed by atoms with Crippen LogP contribution < -0.4 is 9.62 Å². The Balaban J connectivity index is 1.56. The minimum Gasteiger partial charge on any atom is -0.352 e. The lowest BCUT2D eigenvalue weighted by molar-refractivity contribution is -0.140. The number of hydrogen-bond acceptors (Lipinski definition) is 4. The molecule has 0 aliphatic heterocycles. The van der Waals surface area contributed by atoms with E-state index in [4.69, 9.17) is 0 Å². The van der Waals surface area contributed by atoms with Crippen LogP contribution in [-0.2, 0) is 32.6 Å². The van der Waals surface area contributed by atoms with Gasteiger partial charge in [-0.3, -0.25) is 13.9 Å². The Labute approximate surface area is 299 Å². The molecule has 0 spiro atoms. The van der Waals surface area contributed by atoms with Crippen molar-refractivity contribution in [1.29, 1.82) is 0 Å². The summed E-state index contributed by atoms with van der Waals surface area (Å²) in [5, 5.41) is 3.26. The molecule has 1 fully saturated rings. The van der Waals surface area contributed by atoms with Crippen molar-refractivity contribution in [3.8, 4) is 0 Å². The van der Waals surface area contributed by atoms with Crippen molar-refractivity contribution in [2.45, 2.75) is 88.7 Å². The fraction of sp³-hybridized carbons (Fsp3) is 0.350. The molecule has 4 aromatic carbocycles. The van der Waals surface area contributed by atoms with E-state index in [0.29, 0.717) is 5.69 Å². The molecule has 0 radical (unpaired) electrons. The predicted molar refractivity (Wildman–Crippen MR) is 200 cm³/mol. The summed E-state index contributed by atoms with van der Waals surface area (Å²) >= 11 is 3.50. The largest absolute Gasteiger partial charge is 0.352 e. The average molecular weight is 745 g/mol. The molecule has 1 N–H and O–H groups in total. The van der Waals surface area contributed by atoms with Gasteiger partial charge in [-0.25, -0.2) is 8.42 Å². The zero-order valence-corrected chi connectivity index (χ0v) is 30.9. The molecule has 5 rings (SSSR count). The number of amides is 2. The van der Waals surface area contributed by atoms with Gasteiger partial charge in [0.05, 0.1) is 10.6 Å². The summed E-state index contributed by atoms with van der Waals surface area (Å²) in [6.07, 6.45) is 5.35. The normalized spacial score (nSPS) is 14.3. The maximum absolute atomic E-state index is 14.8. The maximum atomic E-state index is 14.8. The second kappa shape index (κ2) is 16.6. The lowest BCUT2D eigenvalue weighted by Gasteiger charge is -2.35. The number of nitrogens with zero attached hydrogens (tertiary/aromatic N) is 2. The zero-order valence-electron chi connectivity index (χ0n) is 28.5. The van der Waals surface area contributed by atoms with E-state index in [-0.39, 0.29) is 35.7 Å². The van der Waals surface area contributed by atoms with Crippen molar-refractivity contribution >= 4 is 43.5 Å². The van der Waals surface area contributed by atoms with Crippen molar-refractivity contribution in [3.63, 3.8) is 0 Å². The molecule has 0 heterocycles. The molecule has 0 saturated heterocycles. The number of aryl methyl sites for hydroxylation is 1. The minimum absolute atomic E-state index is 0.0436. The summed E-state index contributed by atoms with van der Waals surface area (Å²) in [4.78, 5) is 30.7. The zero-order chi connectivity index (χ0) is 35.0. The molecule has 4 aromatic rings. The highest BCUT2D eigenvalue weighted by Gasteiger charge is 2.35. The first-order chi connectivity index (χ1) is 23.5. The first kappa shape index (κ1) is 36.3. The van der Waals surface area contributed by atoms with E-state index in [2.05, 4.69) is 35.1 Å². The van der Waals surface area contributed by atoms with Gasteiger partial charge in [-0.2, -0.15) is 0 Å². The van der Waals surface area contributed by atoms with Crippen LogP contribution in [0.5, 0.6) is 0 Å². The van der Waals surface area contributed by atoms with Crippen LogP contribution in [0.2, 0.25) is 0 Å². The van der Waals surface area contributed by atoms with Gasteiger partial charge in [0, 0.05) is 23.5 Å². The van der Waals surface area contributed by atoms with Gasteiger partial charge in [-0.05, 0) is 78.8 Å². The van der Waals surface area contributed by atoms with Crippen LogP contribution in [0.3, 0.4) is 0 Å². The van der Waals surface area contributed by atoms with Crippen LogP contribution >= 0.6 is 15.9 Å². The van der Waals surface area contributed by atoms with Gasteiger partial charge in [-0.15, -0.1) is 0 Å². The molecule has 9 heteroatoms. The number of rotatable bonds is 13. The molecule has 258 valence electrons. The van der Waals surface area contributed by atoms with Gasteiger partial charge in [0.2, 0.25) is 11.8 Å². The molecule has 7 nitrogen and oxygen atoms in total. The van der Waals surface area contributed by atoms with Gasteiger partial charge in [-0.1, -0.05) is 121 Å². The number of nitrogens with one attached hydrogen (secondary N) is 1. The fourth-order valence-electron chi connectivity index (χ4n) is 6.28. The van der Waals surface area contributed by atoms with Gasteiger partial charge in [0.1, 0.15) is 12.6 Å². The lowest BCUT2D eigenvalue weighted by atomic mass is 9.94. The Morgan fingerprint density at radius 2 is 1.45 bits per heavy atom. The van der Waals surface area contributed by atoms with Crippen LogP contribution in [0, 0.1) is 6.92 Å². The Morgan fingerprint density at radius 1 is 0.816 bits per heavy atom. The lowest BCUT2D eigenvalue weighted by Crippen LogP contribution is -2.55. The maximum Gasteiger partial charge on any atom is 0.264 e. The van der Waals surface area contributed by atoms with Crippen molar-refractivity contribution in [3.05, 3.63) is 130 Å². The molecule has 49 heavy (non-hydrogen) atoms. The quantitative estimate of drug-likeness (QED) is 0.150. The topological polar surface area (TPSA) is 86.8 Å². The number of carbonyl (C=O) groups is 2. The van der Waals surface area contributed by atoms with E-state index in [1.807, 2.05) is 73.7 Å². The Bertz CT molecular complexity index is 1790. The highest BCUT2D eigenvalue weighted by Crippen LogP contribution is 2.28. The van der Waals surface area contributed by atoms with Gasteiger partial charge in [0.15, 0.2) is 0 Å². The molecule has 1 saturated carbocycles. The highest BCUT2D eigenvalue weighted by atomic mass is 79.9. The highest BCUT2D eigenvalue weighted by molar-refractivity contribution is 9.10. The average Bonchev–Trinajstić information content (AvgIpc) is 3.10. The second-order valence-electron chi connectivity index (χ2n) is 13.3. The standard InChI is InChI=1S/C40H46BrN3O4S/c1-29(2)33-18-22-36(23-19-33)44(49(47,48)37-24-14-30(3)15-25-37)28-39(45)43(27-32-16-20-34(41)21-17-32)38(26-31-10-6-4-7-11-31)40(46)42-35-12-8-5-9-13-35/h4,6-7,10-11,14-25,29,35,38H,5,8-9,12-13,26-28H2,1-3H3,(H,42,46)/t38-/m1/s1. The third kappa shape index (κ3) is 9.61. The minimum atomic E-state index is -4.16. The van der Waals surface area contributed by atoms with Crippen LogP contribution in [0.15, 0.2) is 112 Å². The van der Waals surface area contributed by atoms with Gasteiger partial charge < -0.3 is 10.2 Å². The molecule has 1 aliphatic carbocycles. The number of halogens is 1. The Hall–Kier alpha value is -3.95. The molecule has 0 unspecified atom stereocenters. The van der Waals surface area contributed by atoms with E-state index in [1.165, 1.54) is 4.31 Å². The van der Waals surface area contributed by atoms with Crippen LogP contribution in [0.1, 0.15) is 74.1 Å². The number of sulfonamides is 1. The molecule has 2 amide bonds. The number of benzene rings is 4. The first-order valence-corrected chi connectivity index (χ1v) is 19.3. The van der Waals surface area contributed by atoms with Crippen LogP contribution in [0.4, 0.5) is 5.69 Å². The van der Waals surface area contributed by atoms with E-state index < -0.39 is 28.5 Å². The molecular weight excluding hydrogens is 698 g/mol. The second-order valence-corrected chi connectivity index (χ2v) is 16.0. The molecule has 0 bridgehead atoms. The Kier molecular flexibility index (Phi) is 12.3. The Morgan fingerprint density at radius 3 is 2.06 bits per heavy atom. The summed E-state index contributed by atoms with van der Waals surface area (Å²) in [6.45, 7) is 5.70. The third-order valence-electron chi connectivity index (χ3n) is 9.22. The van der Waals surface area contributed by atoms with E-state index in [0.717, 1.165) is 58.8 Å².